The molecule has 1 rings (SSSR count). The Labute approximate surface area is 126 Å². The molecule has 0 spiro atoms. The molecule has 0 aliphatic rings. The zero-order valence-electron chi connectivity index (χ0n) is 12.9. The molecule has 6 heteroatoms. The largest absolute Gasteiger partial charge is 0.481 e. The summed E-state index contributed by atoms with van der Waals surface area (Å²) in [6.07, 6.45) is 0.389. The molecule has 0 aliphatic heterocycles. The number of benzene rings is 1. The highest BCUT2D eigenvalue weighted by molar-refractivity contribution is 7.89. The van der Waals surface area contributed by atoms with E-state index in [0.717, 1.165) is 5.56 Å². The summed E-state index contributed by atoms with van der Waals surface area (Å²) in [4.78, 5) is 11.3. The van der Waals surface area contributed by atoms with Crippen LogP contribution in [0.5, 0.6) is 0 Å². The Hall–Kier alpha value is -1.40. The van der Waals surface area contributed by atoms with Crippen LogP contribution in [0, 0.1) is 5.41 Å². The van der Waals surface area contributed by atoms with Gasteiger partial charge in [-0.2, -0.15) is 0 Å². The molecule has 1 aromatic carbocycles. The summed E-state index contributed by atoms with van der Waals surface area (Å²) in [6, 6.07) is 9.30. The summed E-state index contributed by atoms with van der Waals surface area (Å²) in [5.41, 5.74) is -1.38. The van der Waals surface area contributed by atoms with Gasteiger partial charge in [0.1, 0.15) is 0 Å². The highest BCUT2D eigenvalue weighted by Gasteiger charge is 2.45. The molecule has 0 aromatic heterocycles. The van der Waals surface area contributed by atoms with Gasteiger partial charge >= 0.3 is 5.97 Å². The Morgan fingerprint density at radius 3 is 2.14 bits per heavy atom. The maximum atomic E-state index is 12.2. The van der Waals surface area contributed by atoms with E-state index in [2.05, 4.69) is 4.72 Å². The van der Waals surface area contributed by atoms with Gasteiger partial charge in [-0.05, 0) is 39.7 Å². The molecule has 0 saturated heterocycles. The van der Waals surface area contributed by atoms with Crippen molar-refractivity contribution in [2.45, 2.75) is 39.7 Å². The van der Waals surface area contributed by atoms with Gasteiger partial charge in [0, 0.05) is 5.54 Å². The molecule has 0 fully saturated rings. The molecule has 2 N–H and O–H groups in total. The molecule has 0 unspecified atom stereocenters. The van der Waals surface area contributed by atoms with Crippen LogP contribution < -0.4 is 4.72 Å². The molecule has 21 heavy (non-hydrogen) atoms. The highest BCUT2D eigenvalue weighted by atomic mass is 32.2. The SMILES string of the molecule is CC(C)(NS(=O)(=O)CCc1ccccc1)C(C)(C)C(=O)O. The van der Waals surface area contributed by atoms with Gasteiger partial charge in [-0.15, -0.1) is 0 Å². The first-order valence-corrected chi connectivity index (χ1v) is 8.42. The van der Waals surface area contributed by atoms with E-state index >= 15 is 0 Å². The highest BCUT2D eigenvalue weighted by Crippen LogP contribution is 2.31. The maximum Gasteiger partial charge on any atom is 0.310 e. The van der Waals surface area contributed by atoms with Crippen LogP contribution in [0.25, 0.3) is 0 Å². The normalized spacial score (nSPS) is 13.1. The lowest BCUT2D eigenvalue weighted by atomic mass is 9.75. The molecular weight excluding hydrogens is 290 g/mol. The minimum Gasteiger partial charge on any atom is -0.481 e. The van der Waals surface area contributed by atoms with Crippen LogP contribution in [0.2, 0.25) is 0 Å². The van der Waals surface area contributed by atoms with Crippen LogP contribution in [0.15, 0.2) is 30.3 Å². The van der Waals surface area contributed by atoms with E-state index < -0.39 is 26.9 Å². The molecule has 1 aromatic rings. The minimum absolute atomic E-state index is 0.0733. The van der Waals surface area contributed by atoms with Crippen molar-refractivity contribution in [3.8, 4) is 0 Å². The number of carbonyl (C=O) groups is 1. The average Bonchev–Trinajstić information content (AvgIpc) is 2.36. The Morgan fingerprint density at radius 2 is 1.67 bits per heavy atom. The van der Waals surface area contributed by atoms with Crippen LogP contribution in [0.3, 0.4) is 0 Å². The van der Waals surface area contributed by atoms with Crippen LogP contribution in [0.4, 0.5) is 0 Å². The zero-order chi connectivity index (χ0) is 16.3. The van der Waals surface area contributed by atoms with Gasteiger partial charge in [-0.1, -0.05) is 30.3 Å². The van der Waals surface area contributed by atoms with Gasteiger partial charge in [-0.25, -0.2) is 13.1 Å². The summed E-state index contributed by atoms with van der Waals surface area (Å²) in [7, 11) is -3.57. The molecule has 0 amide bonds. The second-order valence-corrected chi connectivity index (χ2v) is 8.05. The van der Waals surface area contributed by atoms with Crippen molar-refractivity contribution in [1.29, 1.82) is 0 Å². The van der Waals surface area contributed by atoms with Crippen molar-refractivity contribution in [2.24, 2.45) is 5.41 Å². The first-order valence-electron chi connectivity index (χ1n) is 6.77. The second-order valence-electron chi connectivity index (χ2n) is 6.21. The smallest absolute Gasteiger partial charge is 0.310 e. The molecule has 0 aliphatic carbocycles. The van der Waals surface area contributed by atoms with Crippen molar-refractivity contribution in [2.75, 3.05) is 5.75 Å². The summed E-state index contributed by atoms with van der Waals surface area (Å²) in [5.74, 6) is -1.12. The molecule has 0 saturated carbocycles. The van der Waals surface area contributed by atoms with Gasteiger partial charge in [0.05, 0.1) is 11.2 Å². The van der Waals surface area contributed by atoms with Crippen molar-refractivity contribution in [3.05, 3.63) is 35.9 Å². The number of rotatable bonds is 7. The Balaban J connectivity index is 2.78. The third kappa shape index (κ3) is 4.54. The first-order chi connectivity index (χ1) is 9.48. The monoisotopic (exact) mass is 313 g/mol. The average molecular weight is 313 g/mol. The van der Waals surface area contributed by atoms with Crippen molar-refractivity contribution < 1.29 is 18.3 Å². The molecule has 0 radical (unpaired) electrons. The number of carboxylic acids is 1. The number of hydrogen-bond acceptors (Lipinski definition) is 3. The van der Waals surface area contributed by atoms with Crippen LogP contribution >= 0.6 is 0 Å². The Bertz CT molecular complexity index is 591. The van der Waals surface area contributed by atoms with Gasteiger partial charge in [0.2, 0.25) is 10.0 Å². The lowest BCUT2D eigenvalue weighted by Gasteiger charge is -2.38. The topological polar surface area (TPSA) is 83.5 Å². The van der Waals surface area contributed by atoms with Gasteiger partial charge in [0.25, 0.3) is 0 Å². The standard InChI is InChI=1S/C15H23NO4S/c1-14(2,13(17)18)15(3,4)16-21(19,20)11-10-12-8-6-5-7-9-12/h5-9,16H,10-11H2,1-4H3,(H,17,18). The lowest BCUT2D eigenvalue weighted by Crippen LogP contribution is -2.57. The van der Waals surface area contributed by atoms with Crippen LogP contribution in [0.1, 0.15) is 33.3 Å². The number of hydrogen-bond donors (Lipinski definition) is 2. The fourth-order valence-corrected chi connectivity index (χ4v) is 3.37. The molecule has 0 atom stereocenters. The number of carboxylic acid groups (broad SMARTS) is 1. The van der Waals surface area contributed by atoms with Gasteiger partial charge < -0.3 is 5.11 Å². The summed E-state index contributed by atoms with van der Waals surface area (Å²) in [5, 5.41) is 9.25. The minimum atomic E-state index is -3.57. The molecule has 0 bridgehead atoms. The quantitative estimate of drug-likeness (QED) is 0.807. The van der Waals surface area contributed by atoms with Crippen molar-refractivity contribution in [3.63, 3.8) is 0 Å². The van der Waals surface area contributed by atoms with E-state index in [1.165, 1.54) is 13.8 Å². The summed E-state index contributed by atoms with van der Waals surface area (Å²) in [6.45, 7) is 6.19. The molecule has 118 valence electrons. The van der Waals surface area contributed by atoms with Crippen LogP contribution in [-0.4, -0.2) is 30.8 Å². The number of aryl methyl sites for hydroxylation is 1. The predicted molar refractivity (Wildman–Crippen MR) is 82.6 cm³/mol. The lowest BCUT2D eigenvalue weighted by molar-refractivity contribution is -0.150. The number of nitrogens with one attached hydrogen (secondary N) is 1. The van der Waals surface area contributed by atoms with E-state index in [-0.39, 0.29) is 5.75 Å². The van der Waals surface area contributed by atoms with Crippen molar-refractivity contribution in [1.82, 2.24) is 4.72 Å². The van der Waals surface area contributed by atoms with E-state index in [1.54, 1.807) is 13.8 Å². The molecule has 0 heterocycles. The van der Waals surface area contributed by atoms with E-state index in [9.17, 15) is 18.3 Å². The predicted octanol–water partition coefficient (Wildman–Crippen LogP) is 2.04. The third-order valence-corrected chi connectivity index (χ3v) is 5.57. The fourth-order valence-electron chi connectivity index (χ4n) is 1.73. The van der Waals surface area contributed by atoms with E-state index in [1.807, 2.05) is 30.3 Å². The van der Waals surface area contributed by atoms with Gasteiger partial charge in [0.15, 0.2) is 0 Å². The molecule has 5 nitrogen and oxygen atoms in total. The Morgan fingerprint density at radius 1 is 1.14 bits per heavy atom. The first kappa shape index (κ1) is 17.7. The van der Waals surface area contributed by atoms with Crippen LogP contribution in [-0.2, 0) is 21.2 Å². The number of aliphatic carboxylic acids is 1. The zero-order valence-corrected chi connectivity index (χ0v) is 13.7. The van der Waals surface area contributed by atoms with Crippen molar-refractivity contribution >= 4 is 16.0 Å². The third-order valence-electron chi connectivity index (χ3n) is 4.01. The fraction of sp³-hybridized carbons (Fsp3) is 0.533. The molecular formula is C15H23NO4S. The Kier molecular flexibility index (Phi) is 5.17. The van der Waals surface area contributed by atoms with E-state index in [0.29, 0.717) is 6.42 Å². The summed E-state index contributed by atoms with van der Waals surface area (Å²) >= 11 is 0. The van der Waals surface area contributed by atoms with E-state index in [4.69, 9.17) is 0 Å². The van der Waals surface area contributed by atoms with Gasteiger partial charge in [-0.3, -0.25) is 4.79 Å². The second kappa shape index (κ2) is 6.15. The number of sulfonamides is 1. The maximum absolute atomic E-state index is 12.2. The summed E-state index contributed by atoms with van der Waals surface area (Å²) < 4.78 is 26.9.